The van der Waals surface area contributed by atoms with E-state index in [1.54, 1.807) is 0 Å². The van der Waals surface area contributed by atoms with E-state index in [9.17, 15) is 27.6 Å². The van der Waals surface area contributed by atoms with Crippen molar-refractivity contribution in [3.05, 3.63) is 62.4 Å². The Balaban J connectivity index is 1.98. The minimum Gasteiger partial charge on any atom is -0.495 e. The SMILES string of the molecule is CCc1cnc2c(c1OC)c(=O)n(CC(=O)Nc1ccc(C(F)(F)F)cc1)c(=O)n2C. The zero-order chi connectivity index (χ0) is 22.9. The predicted molar refractivity (Wildman–Crippen MR) is 107 cm³/mol. The van der Waals surface area contributed by atoms with Gasteiger partial charge in [0.05, 0.1) is 12.7 Å². The van der Waals surface area contributed by atoms with Crippen LogP contribution in [0.1, 0.15) is 18.1 Å². The number of carbonyl (C=O) groups excluding carboxylic acids is 1. The molecule has 1 N–H and O–H groups in total. The van der Waals surface area contributed by atoms with Crippen LogP contribution in [0.5, 0.6) is 5.75 Å². The van der Waals surface area contributed by atoms with Gasteiger partial charge < -0.3 is 10.1 Å². The molecule has 0 saturated heterocycles. The Hall–Kier alpha value is -3.63. The first-order valence-corrected chi connectivity index (χ1v) is 9.21. The second-order valence-corrected chi connectivity index (χ2v) is 6.73. The summed E-state index contributed by atoms with van der Waals surface area (Å²) < 4.78 is 45.2. The number of ether oxygens (including phenoxy) is 1. The standard InChI is InChI=1S/C20H19F3N4O4/c1-4-11-9-24-17-15(16(11)31-3)18(29)27(19(30)26(17)2)10-14(28)25-13-7-5-12(6-8-13)20(21,22)23/h5-9H,4,10H2,1-3H3,(H,25,28). The van der Waals surface area contributed by atoms with E-state index in [0.29, 0.717) is 12.0 Å². The molecular formula is C20H19F3N4O4. The number of rotatable bonds is 5. The third-order valence-electron chi connectivity index (χ3n) is 4.76. The highest BCUT2D eigenvalue weighted by atomic mass is 19.4. The van der Waals surface area contributed by atoms with Gasteiger partial charge in [0.2, 0.25) is 5.91 Å². The minimum atomic E-state index is -4.50. The molecule has 0 bridgehead atoms. The number of halogens is 3. The quantitative estimate of drug-likeness (QED) is 0.663. The first-order valence-electron chi connectivity index (χ1n) is 9.21. The molecular weight excluding hydrogens is 417 g/mol. The van der Waals surface area contributed by atoms with Gasteiger partial charge in [-0.25, -0.2) is 14.3 Å². The number of alkyl halides is 3. The van der Waals surface area contributed by atoms with Crippen molar-refractivity contribution in [2.24, 2.45) is 7.05 Å². The second kappa shape index (κ2) is 8.25. The van der Waals surface area contributed by atoms with Crippen LogP contribution in [-0.4, -0.2) is 27.1 Å². The predicted octanol–water partition coefficient (Wildman–Crippen LogP) is 2.32. The summed E-state index contributed by atoms with van der Waals surface area (Å²) >= 11 is 0. The highest BCUT2D eigenvalue weighted by molar-refractivity contribution is 5.91. The first-order chi connectivity index (χ1) is 14.6. The molecule has 2 aromatic heterocycles. The van der Waals surface area contributed by atoms with Gasteiger partial charge in [0.1, 0.15) is 17.7 Å². The van der Waals surface area contributed by atoms with Crippen LogP contribution in [0.25, 0.3) is 11.0 Å². The summed E-state index contributed by atoms with van der Waals surface area (Å²) in [7, 11) is 2.80. The Morgan fingerprint density at radius 2 is 1.84 bits per heavy atom. The number of nitrogens with one attached hydrogen (secondary N) is 1. The number of methoxy groups -OCH3 is 1. The Bertz CT molecular complexity index is 1260. The maximum absolute atomic E-state index is 13.0. The molecule has 164 valence electrons. The summed E-state index contributed by atoms with van der Waals surface area (Å²) in [6.07, 6.45) is -2.46. The van der Waals surface area contributed by atoms with Crippen molar-refractivity contribution in [1.29, 1.82) is 0 Å². The molecule has 0 saturated carbocycles. The number of aryl methyl sites for hydroxylation is 2. The molecule has 1 amide bonds. The number of aromatic nitrogens is 3. The van der Waals surface area contributed by atoms with Crippen molar-refractivity contribution in [3.63, 3.8) is 0 Å². The molecule has 31 heavy (non-hydrogen) atoms. The first kappa shape index (κ1) is 22.1. The van der Waals surface area contributed by atoms with Crippen LogP contribution in [0, 0.1) is 0 Å². The number of fused-ring (bicyclic) bond motifs is 1. The van der Waals surface area contributed by atoms with Crippen molar-refractivity contribution >= 4 is 22.6 Å². The Morgan fingerprint density at radius 3 is 2.39 bits per heavy atom. The van der Waals surface area contributed by atoms with Crippen molar-refractivity contribution in [3.8, 4) is 5.75 Å². The van der Waals surface area contributed by atoms with Crippen LogP contribution in [0.15, 0.2) is 40.1 Å². The average molecular weight is 436 g/mol. The van der Waals surface area contributed by atoms with E-state index in [2.05, 4.69) is 10.3 Å². The second-order valence-electron chi connectivity index (χ2n) is 6.73. The molecule has 0 aliphatic carbocycles. The van der Waals surface area contributed by atoms with Crippen LogP contribution < -0.4 is 21.3 Å². The summed E-state index contributed by atoms with van der Waals surface area (Å²) in [6, 6.07) is 3.81. The molecule has 0 unspecified atom stereocenters. The third-order valence-corrected chi connectivity index (χ3v) is 4.76. The molecule has 0 atom stereocenters. The number of nitrogens with zero attached hydrogens (tertiary/aromatic N) is 3. The topological polar surface area (TPSA) is 95.2 Å². The number of amides is 1. The fourth-order valence-corrected chi connectivity index (χ4v) is 3.18. The zero-order valence-corrected chi connectivity index (χ0v) is 16.9. The summed E-state index contributed by atoms with van der Waals surface area (Å²) in [5.74, 6) is -0.484. The van der Waals surface area contributed by atoms with E-state index in [1.807, 2.05) is 6.92 Å². The van der Waals surface area contributed by atoms with E-state index < -0.39 is 35.4 Å². The smallest absolute Gasteiger partial charge is 0.416 e. The molecule has 0 aliphatic heterocycles. The number of carbonyl (C=O) groups is 1. The van der Waals surface area contributed by atoms with Gasteiger partial charge in [0.25, 0.3) is 5.56 Å². The molecule has 0 spiro atoms. The molecule has 0 aliphatic rings. The summed E-state index contributed by atoms with van der Waals surface area (Å²) in [5, 5.41) is 2.44. The van der Waals surface area contributed by atoms with Crippen molar-refractivity contribution < 1.29 is 22.7 Å². The van der Waals surface area contributed by atoms with Crippen molar-refractivity contribution in [2.75, 3.05) is 12.4 Å². The van der Waals surface area contributed by atoms with Gasteiger partial charge in [0, 0.05) is 24.5 Å². The van der Waals surface area contributed by atoms with E-state index >= 15 is 0 Å². The van der Waals surface area contributed by atoms with Gasteiger partial charge in [-0.15, -0.1) is 0 Å². The Morgan fingerprint density at radius 1 is 1.19 bits per heavy atom. The van der Waals surface area contributed by atoms with Crippen LogP contribution in [-0.2, 0) is 31.0 Å². The Kier molecular flexibility index (Phi) is 5.87. The van der Waals surface area contributed by atoms with Gasteiger partial charge in [-0.1, -0.05) is 6.92 Å². The molecule has 0 radical (unpaired) electrons. The highest BCUT2D eigenvalue weighted by Crippen LogP contribution is 2.30. The van der Waals surface area contributed by atoms with Crippen LogP contribution in [0.4, 0.5) is 18.9 Å². The largest absolute Gasteiger partial charge is 0.495 e. The van der Waals surface area contributed by atoms with Crippen LogP contribution >= 0.6 is 0 Å². The average Bonchev–Trinajstić information content (AvgIpc) is 2.73. The van der Waals surface area contributed by atoms with E-state index in [0.717, 1.165) is 33.4 Å². The molecule has 11 heteroatoms. The lowest BCUT2D eigenvalue weighted by Gasteiger charge is -2.14. The summed E-state index contributed by atoms with van der Waals surface area (Å²) in [6.45, 7) is 1.21. The molecule has 1 aromatic carbocycles. The van der Waals surface area contributed by atoms with Gasteiger partial charge >= 0.3 is 11.9 Å². The van der Waals surface area contributed by atoms with E-state index in [-0.39, 0.29) is 22.5 Å². The summed E-state index contributed by atoms with van der Waals surface area (Å²) in [5.41, 5.74) is -1.51. The monoisotopic (exact) mass is 436 g/mol. The minimum absolute atomic E-state index is 0.0614. The molecule has 3 aromatic rings. The summed E-state index contributed by atoms with van der Waals surface area (Å²) in [4.78, 5) is 42.2. The highest BCUT2D eigenvalue weighted by Gasteiger charge is 2.30. The lowest BCUT2D eigenvalue weighted by atomic mass is 10.1. The maximum atomic E-state index is 13.0. The fourth-order valence-electron chi connectivity index (χ4n) is 3.18. The van der Waals surface area contributed by atoms with Gasteiger partial charge in [-0.05, 0) is 30.7 Å². The molecule has 0 fully saturated rings. The van der Waals surface area contributed by atoms with E-state index in [4.69, 9.17) is 4.74 Å². The number of hydrogen-bond donors (Lipinski definition) is 1. The Labute approximate surface area is 173 Å². The number of hydrogen-bond acceptors (Lipinski definition) is 5. The van der Waals surface area contributed by atoms with Gasteiger partial charge in [0.15, 0.2) is 5.65 Å². The normalized spacial score (nSPS) is 11.5. The van der Waals surface area contributed by atoms with Crippen molar-refractivity contribution in [2.45, 2.75) is 26.1 Å². The number of pyridine rings is 1. The lowest BCUT2D eigenvalue weighted by Crippen LogP contribution is -2.42. The van der Waals surface area contributed by atoms with Crippen molar-refractivity contribution in [1.82, 2.24) is 14.1 Å². The fraction of sp³-hybridized carbons (Fsp3) is 0.300. The number of benzene rings is 1. The van der Waals surface area contributed by atoms with Crippen LogP contribution in [0.3, 0.4) is 0 Å². The van der Waals surface area contributed by atoms with E-state index in [1.165, 1.54) is 20.4 Å². The lowest BCUT2D eigenvalue weighted by molar-refractivity contribution is -0.137. The maximum Gasteiger partial charge on any atom is 0.416 e. The molecule has 8 nitrogen and oxygen atoms in total. The van der Waals surface area contributed by atoms with Crippen LogP contribution in [0.2, 0.25) is 0 Å². The van der Waals surface area contributed by atoms with Gasteiger partial charge in [-0.2, -0.15) is 13.2 Å². The molecule has 3 rings (SSSR count). The third kappa shape index (κ3) is 4.16. The molecule has 2 heterocycles. The van der Waals surface area contributed by atoms with Gasteiger partial charge in [-0.3, -0.25) is 14.2 Å². The number of anilines is 1. The zero-order valence-electron chi connectivity index (χ0n) is 16.9.